The van der Waals surface area contributed by atoms with Gasteiger partial charge in [0.1, 0.15) is 0 Å². The summed E-state index contributed by atoms with van der Waals surface area (Å²) in [7, 11) is 0. The Labute approximate surface area is 266 Å². The molecule has 0 aromatic heterocycles. The van der Waals surface area contributed by atoms with E-state index < -0.39 is 0 Å². The Bertz CT molecular complexity index is 2040. The van der Waals surface area contributed by atoms with E-state index in [4.69, 9.17) is 0 Å². The van der Waals surface area contributed by atoms with Gasteiger partial charge >= 0.3 is 0 Å². The number of nitrogens with zero attached hydrogens (tertiary/aromatic N) is 1. The third kappa shape index (κ3) is 3.67. The van der Waals surface area contributed by atoms with E-state index in [0.29, 0.717) is 0 Å². The van der Waals surface area contributed by atoms with Crippen LogP contribution in [0.1, 0.15) is 43.2 Å². The highest BCUT2D eigenvalue weighted by Crippen LogP contribution is 2.69. The fraction of sp³-hybridized carbons (Fsp3) is 0.227. The topological polar surface area (TPSA) is 3.24 Å². The Morgan fingerprint density at radius 2 is 1.09 bits per heavy atom. The average molecular weight is 580 g/mol. The van der Waals surface area contributed by atoms with Crippen LogP contribution >= 0.6 is 0 Å². The molecule has 0 N–H and O–H groups in total. The van der Waals surface area contributed by atoms with Crippen molar-refractivity contribution >= 4 is 27.8 Å². The van der Waals surface area contributed by atoms with Crippen LogP contribution in [0.3, 0.4) is 0 Å². The predicted octanol–water partition coefficient (Wildman–Crippen LogP) is 11.7. The molecular weight excluding hydrogens is 542 g/mol. The fourth-order valence-corrected chi connectivity index (χ4v) is 10.6. The molecule has 6 aromatic rings. The molecule has 4 saturated carbocycles. The second-order valence-corrected chi connectivity index (χ2v) is 14.2. The zero-order valence-corrected chi connectivity index (χ0v) is 25.6. The van der Waals surface area contributed by atoms with Crippen LogP contribution in [0.25, 0.3) is 33.0 Å². The fourth-order valence-electron chi connectivity index (χ4n) is 10.6. The highest BCUT2D eigenvalue weighted by atomic mass is 15.1. The molecule has 11 rings (SSSR count). The molecule has 0 radical (unpaired) electrons. The van der Waals surface area contributed by atoms with Crippen molar-refractivity contribution in [2.75, 3.05) is 4.90 Å². The first kappa shape index (κ1) is 25.7. The molecule has 0 aliphatic heterocycles. The first-order valence-electron chi connectivity index (χ1n) is 16.9. The molecule has 0 heterocycles. The smallest absolute Gasteiger partial charge is 0.0540 e. The molecule has 5 aliphatic rings. The van der Waals surface area contributed by atoms with Crippen LogP contribution in [-0.2, 0) is 5.41 Å². The normalized spacial score (nSPS) is 25.4. The van der Waals surface area contributed by atoms with Gasteiger partial charge in [-0.25, -0.2) is 0 Å². The second kappa shape index (κ2) is 9.69. The van der Waals surface area contributed by atoms with Crippen LogP contribution in [-0.4, -0.2) is 0 Å². The van der Waals surface area contributed by atoms with Crippen molar-refractivity contribution in [3.05, 3.63) is 151 Å². The molecule has 1 heteroatoms. The Morgan fingerprint density at radius 3 is 1.89 bits per heavy atom. The van der Waals surface area contributed by atoms with Crippen LogP contribution in [0, 0.1) is 23.7 Å². The summed E-state index contributed by atoms with van der Waals surface area (Å²) < 4.78 is 0. The van der Waals surface area contributed by atoms with E-state index in [0.717, 1.165) is 23.7 Å². The van der Waals surface area contributed by atoms with E-state index in [9.17, 15) is 0 Å². The van der Waals surface area contributed by atoms with Crippen LogP contribution in [0.4, 0.5) is 17.1 Å². The summed E-state index contributed by atoms with van der Waals surface area (Å²) in [5.41, 5.74) is 12.5. The van der Waals surface area contributed by atoms with Crippen molar-refractivity contribution < 1.29 is 0 Å². The SMILES string of the molecule is c1ccc(-c2ccc(N(c3ccc4c(c3)-c3ccccc3C43C4CC5CC(C4)CC3C5)c3cccc4ccccc34)cc2)cc1. The molecule has 45 heavy (non-hydrogen) atoms. The lowest BCUT2D eigenvalue weighted by molar-refractivity contribution is -0.0399. The van der Waals surface area contributed by atoms with Crippen molar-refractivity contribution in [3.8, 4) is 22.3 Å². The van der Waals surface area contributed by atoms with E-state index in [1.54, 1.807) is 11.1 Å². The second-order valence-electron chi connectivity index (χ2n) is 14.2. The maximum Gasteiger partial charge on any atom is 0.0540 e. The molecule has 0 amide bonds. The standard InChI is InChI=1S/C44H37N/c1-2-9-31(10-3-1)32-17-19-36(20-18-32)45(43-16-8-12-33-11-4-5-13-38(33)43)37-21-22-42-40(28-37)39-14-6-7-15-41(39)44(42)34-24-29-23-30(26-34)27-35(44)25-29/h1-22,28-30,34-35H,23-27H2. The third-order valence-corrected chi connectivity index (χ3v) is 12.0. The molecule has 0 unspecified atom stereocenters. The van der Waals surface area contributed by atoms with E-state index in [1.807, 2.05) is 0 Å². The van der Waals surface area contributed by atoms with Gasteiger partial charge in [0, 0.05) is 22.2 Å². The van der Waals surface area contributed by atoms with Crippen LogP contribution in [0.2, 0.25) is 0 Å². The molecule has 4 bridgehead atoms. The van der Waals surface area contributed by atoms with E-state index in [1.165, 1.54) is 82.2 Å². The van der Waals surface area contributed by atoms with Crippen molar-refractivity contribution in [1.29, 1.82) is 0 Å². The van der Waals surface area contributed by atoms with E-state index in [2.05, 4.69) is 144 Å². The molecule has 5 aliphatic carbocycles. The Morgan fingerprint density at radius 1 is 0.467 bits per heavy atom. The highest BCUT2D eigenvalue weighted by Gasteiger charge is 2.61. The molecule has 0 saturated heterocycles. The minimum absolute atomic E-state index is 0.194. The van der Waals surface area contributed by atoms with Crippen molar-refractivity contribution in [2.24, 2.45) is 23.7 Å². The number of hydrogen-bond donors (Lipinski definition) is 0. The number of hydrogen-bond acceptors (Lipinski definition) is 1. The monoisotopic (exact) mass is 579 g/mol. The summed E-state index contributed by atoms with van der Waals surface area (Å²) in [5.74, 6) is 3.46. The molecule has 4 fully saturated rings. The number of benzene rings is 6. The lowest BCUT2D eigenvalue weighted by Gasteiger charge is -2.61. The summed E-state index contributed by atoms with van der Waals surface area (Å²) in [4.78, 5) is 2.49. The number of fused-ring (bicyclic) bond motifs is 4. The molecule has 218 valence electrons. The van der Waals surface area contributed by atoms with Gasteiger partial charge in [-0.15, -0.1) is 0 Å². The highest BCUT2D eigenvalue weighted by molar-refractivity contribution is 5.99. The van der Waals surface area contributed by atoms with E-state index >= 15 is 0 Å². The van der Waals surface area contributed by atoms with Gasteiger partial charge in [0.05, 0.1) is 5.69 Å². The predicted molar refractivity (Wildman–Crippen MR) is 187 cm³/mol. The summed E-state index contributed by atoms with van der Waals surface area (Å²) in [5, 5.41) is 2.53. The Hall–Kier alpha value is -4.62. The lowest BCUT2D eigenvalue weighted by atomic mass is 9.43. The van der Waals surface area contributed by atoms with Gasteiger partial charge in [-0.05, 0) is 125 Å². The first-order valence-corrected chi connectivity index (χ1v) is 16.9. The third-order valence-electron chi connectivity index (χ3n) is 12.0. The van der Waals surface area contributed by atoms with Gasteiger partial charge < -0.3 is 4.90 Å². The molecule has 0 atom stereocenters. The molecule has 6 aromatic carbocycles. The number of rotatable bonds is 4. The average Bonchev–Trinajstić information content (AvgIpc) is 3.38. The molecule has 1 spiro atoms. The molecule has 1 nitrogen and oxygen atoms in total. The van der Waals surface area contributed by atoms with Gasteiger partial charge in [-0.1, -0.05) is 109 Å². The minimum Gasteiger partial charge on any atom is -0.310 e. The van der Waals surface area contributed by atoms with Crippen LogP contribution in [0.5, 0.6) is 0 Å². The van der Waals surface area contributed by atoms with Crippen molar-refractivity contribution in [2.45, 2.75) is 37.5 Å². The van der Waals surface area contributed by atoms with Gasteiger partial charge in [-0.2, -0.15) is 0 Å². The van der Waals surface area contributed by atoms with Gasteiger partial charge in [0.2, 0.25) is 0 Å². The lowest BCUT2D eigenvalue weighted by Crippen LogP contribution is -2.55. The van der Waals surface area contributed by atoms with Crippen molar-refractivity contribution in [1.82, 2.24) is 0 Å². The van der Waals surface area contributed by atoms with Crippen molar-refractivity contribution in [3.63, 3.8) is 0 Å². The maximum atomic E-state index is 2.55. The summed E-state index contributed by atoms with van der Waals surface area (Å²) in [6.07, 6.45) is 7.15. The maximum absolute atomic E-state index is 2.55. The first-order chi connectivity index (χ1) is 22.3. The quantitative estimate of drug-likeness (QED) is 0.201. The zero-order chi connectivity index (χ0) is 29.5. The molecular formula is C44H37N. The summed E-state index contributed by atoms with van der Waals surface area (Å²) in [6.45, 7) is 0. The van der Waals surface area contributed by atoms with Gasteiger partial charge in [0.25, 0.3) is 0 Å². The Kier molecular flexibility index (Phi) is 5.53. The van der Waals surface area contributed by atoms with Crippen LogP contribution in [0.15, 0.2) is 140 Å². The number of anilines is 3. The minimum atomic E-state index is 0.194. The summed E-state index contributed by atoms with van der Waals surface area (Å²) in [6, 6.07) is 52.3. The largest absolute Gasteiger partial charge is 0.310 e. The Balaban J connectivity index is 1.17. The van der Waals surface area contributed by atoms with Gasteiger partial charge in [0.15, 0.2) is 0 Å². The van der Waals surface area contributed by atoms with Gasteiger partial charge in [-0.3, -0.25) is 0 Å². The zero-order valence-electron chi connectivity index (χ0n) is 25.6. The summed E-state index contributed by atoms with van der Waals surface area (Å²) >= 11 is 0. The van der Waals surface area contributed by atoms with Crippen LogP contribution < -0.4 is 4.90 Å². The van der Waals surface area contributed by atoms with E-state index in [-0.39, 0.29) is 5.41 Å².